The highest BCUT2D eigenvalue weighted by Crippen LogP contribution is 2.06. The maximum Gasteiger partial charge on any atom is 0.145 e. The van der Waals surface area contributed by atoms with Crippen LogP contribution < -0.4 is 5.73 Å². The molecule has 1 heterocycles. The summed E-state index contributed by atoms with van der Waals surface area (Å²) in [5.41, 5.74) is 5.71. The van der Waals surface area contributed by atoms with Gasteiger partial charge in [0.05, 0.1) is 6.04 Å². The third kappa shape index (κ3) is 2.98. The summed E-state index contributed by atoms with van der Waals surface area (Å²) in [5.74, 6) is 0.674. The fourth-order valence-corrected chi connectivity index (χ4v) is 0.787. The van der Waals surface area contributed by atoms with Crippen LogP contribution >= 0.6 is 12.4 Å². The highest BCUT2D eigenvalue weighted by atomic mass is 35.5. The van der Waals surface area contributed by atoms with E-state index in [2.05, 4.69) is 16.5 Å². The molecule has 12 heavy (non-hydrogen) atoms. The van der Waals surface area contributed by atoms with Gasteiger partial charge >= 0.3 is 0 Å². The molecule has 0 saturated carbocycles. The van der Waals surface area contributed by atoms with E-state index in [1.807, 2.05) is 0 Å². The molecule has 1 atom stereocenters. The molecule has 1 aromatic rings. The van der Waals surface area contributed by atoms with Crippen LogP contribution in [0, 0.1) is 0 Å². The lowest BCUT2D eigenvalue weighted by atomic mass is 10.2. The van der Waals surface area contributed by atoms with Gasteiger partial charge in [0, 0.05) is 12.4 Å². The molecule has 1 aromatic heterocycles. The van der Waals surface area contributed by atoms with Gasteiger partial charge in [0.25, 0.3) is 0 Å². The summed E-state index contributed by atoms with van der Waals surface area (Å²) in [6.45, 7) is 3.59. The van der Waals surface area contributed by atoms with Gasteiger partial charge in [-0.3, -0.25) is 0 Å². The van der Waals surface area contributed by atoms with E-state index in [1.54, 1.807) is 24.5 Å². The Hall–Kier alpha value is -0.930. The highest BCUT2D eigenvalue weighted by Gasteiger charge is 2.04. The predicted molar refractivity (Wildman–Crippen MR) is 51.0 cm³/mol. The average Bonchev–Trinajstić information content (AvgIpc) is 2.07. The molecule has 0 aliphatic carbocycles. The first-order valence-corrected chi connectivity index (χ1v) is 3.48. The van der Waals surface area contributed by atoms with Crippen LogP contribution in [0.25, 0.3) is 0 Å². The Balaban J connectivity index is 0.00000121. The Morgan fingerprint density at radius 1 is 1.50 bits per heavy atom. The van der Waals surface area contributed by atoms with Crippen LogP contribution in [-0.2, 0) is 0 Å². The van der Waals surface area contributed by atoms with Gasteiger partial charge in [-0.25, -0.2) is 9.97 Å². The zero-order valence-electron chi connectivity index (χ0n) is 6.68. The lowest BCUT2D eigenvalue weighted by molar-refractivity contribution is 0.681. The van der Waals surface area contributed by atoms with Crippen molar-refractivity contribution in [2.75, 3.05) is 0 Å². The summed E-state index contributed by atoms with van der Waals surface area (Å²) in [4.78, 5) is 8.03. The molecule has 0 bridgehead atoms. The number of halogens is 1. The number of hydrogen-bond donors (Lipinski definition) is 1. The molecular weight excluding hydrogens is 174 g/mol. The Bertz CT molecular complexity index is 225. The molecule has 3 nitrogen and oxygen atoms in total. The van der Waals surface area contributed by atoms with Crippen molar-refractivity contribution in [1.82, 2.24) is 9.97 Å². The second-order valence-electron chi connectivity index (χ2n) is 2.24. The molecule has 0 fully saturated rings. The van der Waals surface area contributed by atoms with Crippen molar-refractivity contribution in [2.24, 2.45) is 5.73 Å². The molecule has 0 aliphatic heterocycles. The quantitative estimate of drug-likeness (QED) is 0.726. The van der Waals surface area contributed by atoms with Crippen molar-refractivity contribution in [3.05, 3.63) is 36.9 Å². The lowest BCUT2D eigenvalue weighted by Crippen LogP contribution is -2.12. The molecule has 0 amide bonds. The van der Waals surface area contributed by atoms with Crippen LogP contribution in [0.15, 0.2) is 31.1 Å². The summed E-state index contributed by atoms with van der Waals surface area (Å²) >= 11 is 0. The zero-order valence-corrected chi connectivity index (χ0v) is 7.50. The first-order chi connectivity index (χ1) is 5.34. The Morgan fingerprint density at radius 2 is 2.08 bits per heavy atom. The summed E-state index contributed by atoms with van der Waals surface area (Å²) in [7, 11) is 0. The minimum atomic E-state index is -0.117. The number of hydrogen-bond acceptors (Lipinski definition) is 3. The van der Waals surface area contributed by atoms with Gasteiger partial charge in [-0.05, 0) is 12.5 Å². The van der Waals surface area contributed by atoms with E-state index in [1.165, 1.54) is 0 Å². The molecule has 2 N–H and O–H groups in total. The standard InChI is InChI=1S/C8H11N3.ClH/c1-2-4-7(9)8-10-5-3-6-11-8;/h2-3,5-7H,1,4,9H2;1H. The van der Waals surface area contributed by atoms with Gasteiger partial charge in [0.1, 0.15) is 5.82 Å². The van der Waals surface area contributed by atoms with Crippen LogP contribution in [0.1, 0.15) is 18.3 Å². The Labute approximate surface area is 78.1 Å². The molecule has 0 spiro atoms. The van der Waals surface area contributed by atoms with Crippen molar-refractivity contribution < 1.29 is 0 Å². The van der Waals surface area contributed by atoms with Gasteiger partial charge in [-0.15, -0.1) is 19.0 Å². The van der Waals surface area contributed by atoms with E-state index in [0.29, 0.717) is 12.2 Å². The van der Waals surface area contributed by atoms with Crippen molar-refractivity contribution in [3.63, 3.8) is 0 Å². The van der Waals surface area contributed by atoms with E-state index in [0.717, 1.165) is 0 Å². The van der Waals surface area contributed by atoms with Crippen LogP contribution in [0.5, 0.6) is 0 Å². The molecule has 0 aliphatic rings. The lowest BCUT2D eigenvalue weighted by Gasteiger charge is -2.04. The van der Waals surface area contributed by atoms with Crippen LogP contribution in [0.4, 0.5) is 0 Å². The third-order valence-corrected chi connectivity index (χ3v) is 1.34. The van der Waals surface area contributed by atoms with E-state index < -0.39 is 0 Å². The predicted octanol–water partition coefficient (Wildman–Crippen LogP) is 1.47. The molecule has 66 valence electrons. The van der Waals surface area contributed by atoms with Crippen molar-refractivity contribution in [2.45, 2.75) is 12.5 Å². The van der Waals surface area contributed by atoms with Crippen LogP contribution in [0.3, 0.4) is 0 Å². The van der Waals surface area contributed by atoms with Crippen molar-refractivity contribution in [1.29, 1.82) is 0 Å². The van der Waals surface area contributed by atoms with Crippen LogP contribution in [-0.4, -0.2) is 9.97 Å². The number of aromatic nitrogens is 2. The smallest absolute Gasteiger partial charge is 0.145 e. The maximum absolute atomic E-state index is 5.71. The Kier molecular flexibility index (Phi) is 5.25. The molecular formula is C8H12ClN3. The molecule has 4 heteroatoms. The van der Waals surface area contributed by atoms with Crippen molar-refractivity contribution >= 4 is 12.4 Å². The van der Waals surface area contributed by atoms with Gasteiger partial charge in [0.2, 0.25) is 0 Å². The monoisotopic (exact) mass is 185 g/mol. The van der Waals surface area contributed by atoms with Gasteiger partial charge in [-0.2, -0.15) is 0 Å². The summed E-state index contributed by atoms with van der Waals surface area (Å²) in [6.07, 6.45) is 5.85. The summed E-state index contributed by atoms with van der Waals surface area (Å²) in [5, 5.41) is 0. The number of rotatable bonds is 3. The topological polar surface area (TPSA) is 51.8 Å². The van der Waals surface area contributed by atoms with E-state index in [4.69, 9.17) is 5.73 Å². The highest BCUT2D eigenvalue weighted by molar-refractivity contribution is 5.85. The fourth-order valence-electron chi connectivity index (χ4n) is 0.787. The van der Waals surface area contributed by atoms with Gasteiger partial charge in [-0.1, -0.05) is 6.08 Å². The van der Waals surface area contributed by atoms with E-state index >= 15 is 0 Å². The third-order valence-electron chi connectivity index (χ3n) is 1.34. The fraction of sp³-hybridized carbons (Fsp3) is 0.250. The molecule has 0 saturated heterocycles. The zero-order chi connectivity index (χ0) is 8.10. The summed E-state index contributed by atoms with van der Waals surface area (Å²) in [6, 6.07) is 1.65. The Morgan fingerprint density at radius 3 is 2.58 bits per heavy atom. The van der Waals surface area contributed by atoms with Crippen molar-refractivity contribution in [3.8, 4) is 0 Å². The van der Waals surface area contributed by atoms with E-state index in [9.17, 15) is 0 Å². The first kappa shape index (κ1) is 11.1. The first-order valence-electron chi connectivity index (χ1n) is 3.48. The number of nitrogens with zero attached hydrogens (tertiary/aromatic N) is 2. The van der Waals surface area contributed by atoms with Crippen LogP contribution in [0.2, 0.25) is 0 Å². The second-order valence-corrected chi connectivity index (χ2v) is 2.24. The van der Waals surface area contributed by atoms with Gasteiger partial charge < -0.3 is 5.73 Å². The molecule has 0 radical (unpaired) electrons. The average molecular weight is 186 g/mol. The SMILES string of the molecule is C=CCC(N)c1ncccn1.Cl. The minimum Gasteiger partial charge on any atom is -0.321 e. The number of nitrogens with two attached hydrogens (primary N) is 1. The minimum absolute atomic E-state index is 0. The normalized spacial score (nSPS) is 11.4. The van der Waals surface area contributed by atoms with E-state index in [-0.39, 0.29) is 18.4 Å². The van der Waals surface area contributed by atoms with Gasteiger partial charge in [0.15, 0.2) is 0 Å². The summed E-state index contributed by atoms with van der Waals surface area (Å²) < 4.78 is 0. The molecule has 1 unspecified atom stereocenters. The molecule has 1 rings (SSSR count). The second kappa shape index (κ2) is 5.69. The maximum atomic E-state index is 5.71. The molecule has 0 aromatic carbocycles. The largest absolute Gasteiger partial charge is 0.321 e.